The van der Waals surface area contributed by atoms with Crippen molar-refractivity contribution in [1.82, 2.24) is 0 Å². The molecule has 0 aromatic rings. The summed E-state index contributed by atoms with van der Waals surface area (Å²) in [5.74, 6) is 0. The molecule has 2 N–H and O–H groups in total. The Kier molecular flexibility index (Phi) is 5.16. The molecule has 72 valence electrons. The van der Waals surface area contributed by atoms with Gasteiger partial charge in [0.05, 0.1) is 11.6 Å². The highest BCUT2D eigenvalue weighted by atomic mass is 32.1. The summed E-state index contributed by atoms with van der Waals surface area (Å²) in [6.45, 7) is 0.0873. The zero-order chi connectivity index (χ0) is 9.61. The van der Waals surface area contributed by atoms with E-state index in [0.717, 1.165) is 0 Å². The Balaban J connectivity index is 3.17. The van der Waals surface area contributed by atoms with Gasteiger partial charge in [-0.25, -0.2) is 0 Å². The molecular weight excluding hydrogens is 191 g/mol. The van der Waals surface area contributed by atoms with Gasteiger partial charge in [0, 0.05) is 13.0 Å². The number of ether oxygens (including phenoxy) is 1. The topological polar surface area (TPSA) is 35.2 Å². The Labute approximate surface area is 73.9 Å². The highest BCUT2D eigenvalue weighted by Gasteiger charge is 2.25. The molecule has 0 radical (unpaired) electrons. The number of rotatable bonds is 5. The molecule has 0 saturated carbocycles. The van der Waals surface area contributed by atoms with Crippen LogP contribution in [0.25, 0.3) is 0 Å². The molecule has 0 aliphatic carbocycles. The van der Waals surface area contributed by atoms with Gasteiger partial charge in [-0.1, -0.05) is 12.2 Å². The van der Waals surface area contributed by atoms with Crippen LogP contribution in [0.1, 0.15) is 12.8 Å². The van der Waals surface area contributed by atoms with Gasteiger partial charge in [0.25, 0.3) is 0 Å². The van der Waals surface area contributed by atoms with E-state index in [1.807, 2.05) is 0 Å². The first kappa shape index (κ1) is 11.6. The molecule has 0 rings (SSSR count). The average molecular weight is 201 g/mol. The van der Waals surface area contributed by atoms with Crippen LogP contribution in [-0.4, -0.2) is 24.4 Å². The molecule has 0 aromatic heterocycles. The Morgan fingerprint density at radius 3 is 2.42 bits per heavy atom. The lowest BCUT2D eigenvalue weighted by molar-refractivity contribution is -0.137. The number of thiocarbonyl (C=S) groups is 1. The summed E-state index contributed by atoms with van der Waals surface area (Å²) in [5, 5.41) is 0. The third kappa shape index (κ3) is 9.64. The van der Waals surface area contributed by atoms with E-state index in [4.69, 9.17) is 10.5 Å². The van der Waals surface area contributed by atoms with Gasteiger partial charge in [-0.05, 0) is 6.42 Å². The summed E-state index contributed by atoms with van der Waals surface area (Å²) >= 11 is 4.45. The number of halogens is 3. The van der Waals surface area contributed by atoms with Gasteiger partial charge in [-0.3, -0.25) is 0 Å². The molecule has 0 aromatic carbocycles. The Morgan fingerprint density at radius 1 is 1.42 bits per heavy atom. The third-order valence-corrected chi connectivity index (χ3v) is 1.11. The standard InChI is InChI=1S/C6H10F3NOS/c7-6(8,9)2-1-3-11-4-5(10)12/h1-4H2,(H2,10,12). The zero-order valence-electron chi connectivity index (χ0n) is 6.36. The molecule has 0 unspecified atom stereocenters. The van der Waals surface area contributed by atoms with Crippen molar-refractivity contribution >= 4 is 17.2 Å². The van der Waals surface area contributed by atoms with Crippen LogP contribution in [0.2, 0.25) is 0 Å². The minimum Gasteiger partial charge on any atom is -0.391 e. The van der Waals surface area contributed by atoms with Crippen molar-refractivity contribution in [3.8, 4) is 0 Å². The van der Waals surface area contributed by atoms with Crippen molar-refractivity contribution in [2.75, 3.05) is 13.2 Å². The van der Waals surface area contributed by atoms with E-state index in [0.29, 0.717) is 0 Å². The predicted molar refractivity (Wildman–Crippen MR) is 42.9 cm³/mol. The normalized spacial score (nSPS) is 11.6. The van der Waals surface area contributed by atoms with Crippen LogP contribution in [0.4, 0.5) is 13.2 Å². The summed E-state index contributed by atoms with van der Waals surface area (Å²) in [6.07, 6.45) is -4.98. The predicted octanol–water partition coefficient (Wildman–Crippen LogP) is 1.63. The number of nitrogens with two attached hydrogens (primary N) is 1. The Morgan fingerprint density at radius 2 is 2.00 bits per heavy atom. The van der Waals surface area contributed by atoms with E-state index >= 15 is 0 Å². The van der Waals surface area contributed by atoms with Crippen LogP contribution in [-0.2, 0) is 4.74 Å². The largest absolute Gasteiger partial charge is 0.391 e. The van der Waals surface area contributed by atoms with Gasteiger partial charge in [0.15, 0.2) is 0 Å². The quantitative estimate of drug-likeness (QED) is 0.542. The van der Waals surface area contributed by atoms with E-state index in [-0.39, 0.29) is 24.6 Å². The SMILES string of the molecule is NC(=S)COCCCC(F)(F)F. The summed E-state index contributed by atoms with van der Waals surface area (Å²) in [6, 6.07) is 0. The van der Waals surface area contributed by atoms with E-state index in [9.17, 15) is 13.2 Å². The van der Waals surface area contributed by atoms with Crippen LogP contribution in [0.3, 0.4) is 0 Å². The van der Waals surface area contributed by atoms with Crippen molar-refractivity contribution in [3.63, 3.8) is 0 Å². The summed E-state index contributed by atoms with van der Waals surface area (Å²) in [7, 11) is 0. The molecule has 0 atom stereocenters. The van der Waals surface area contributed by atoms with Crippen molar-refractivity contribution in [3.05, 3.63) is 0 Å². The van der Waals surface area contributed by atoms with Crippen LogP contribution < -0.4 is 5.73 Å². The average Bonchev–Trinajstić information content (AvgIpc) is 1.83. The fourth-order valence-corrected chi connectivity index (χ4v) is 0.631. The van der Waals surface area contributed by atoms with Gasteiger partial charge < -0.3 is 10.5 Å². The van der Waals surface area contributed by atoms with Crippen LogP contribution in [0.15, 0.2) is 0 Å². The second-order valence-electron chi connectivity index (χ2n) is 2.24. The molecule has 12 heavy (non-hydrogen) atoms. The lowest BCUT2D eigenvalue weighted by Crippen LogP contribution is -2.17. The van der Waals surface area contributed by atoms with Crippen molar-refractivity contribution in [2.24, 2.45) is 5.73 Å². The second kappa shape index (κ2) is 5.31. The molecule has 6 heteroatoms. The maximum atomic E-state index is 11.5. The first-order valence-electron chi connectivity index (χ1n) is 3.34. The van der Waals surface area contributed by atoms with E-state index in [1.54, 1.807) is 0 Å². The summed E-state index contributed by atoms with van der Waals surface area (Å²) in [5.41, 5.74) is 5.04. The highest BCUT2D eigenvalue weighted by molar-refractivity contribution is 7.80. The van der Waals surface area contributed by atoms with Crippen LogP contribution >= 0.6 is 12.2 Å². The van der Waals surface area contributed by atoms with Gasteiger partial charge in [-0.15, -0.1) is 0 Å². The number of hydrogen-bond donors (Lipinski definition) is 1. The van der Waals surface area contributed by atoms with E-state index < -0.39 is 12.6 Å². The second-order valence-corrected chi connectivity index (χ2v) is 2.76. The number of hydrogen-bond acceptors (Lipinski definition) is 2. The van der Waals surface area contributed by atoms with Crippen molar-refractivity contribution in [2.45, 2.75) is 19.0 Å². The first-order valence-corrected chi connectivity index (χ1v) is 3.75. The Bertz CT molecular complexity index is 148. The van der Waals surface area contributed by atoms with Crippen LogP contribution in [0.5, 0.6) is 0 Å². The van der Waals surface area contributed by atoms with E-state index in [2.05, 4.69) is 12.2 Å². The van der Waals surface area contributed by atoms with Gasteiger partial charge >= 0.3 is 6.18 Å². The van der Waals surface area contributed by atoms with Gasteiger partial charge in [0.2, 0.25) is 0 Å². The minimum atomic E-state index is -4.10. The highest BCUT2D eigenvalue weighted by Crippen LogP contribution is 2.20. The minimum absolute atomic E-state index is 0.0385. The summed E-state index contributed by atoms with van der Waals surface area (Å²) in [4.78, 5) is 0.155. The smallest absolute Gasteiger partial charge is 0.389 e. The fourth-order valence-electron chi connectivity index (χ4n) is 0.547. The molecular formula is C6H10F3NOS. The maximum Gasteiger partial charge on any atom is 0.389 e. The summed E-state index contributed by atoms with van der Waals surface area (Å²) < 4.78 is 39.3. The van der Waals surface area contributed by atoms with Gasteiger partial charge in [0.1, 0.15) is 0 Å². The molecule has 0 bridgehead atoms. The zero-order valence-corrected chi connectivity index (χ0v) is 7.17. The van der Waals surface area contributed by atoms with Crippen LogP contribution in [0, 0.1) is 0 Å². The van der Waals surface area contributed by atoms with Crippen molar-refractivity contribution in [1.29, 1.82) is 0 Å². The Hall–Kier alpha value is -0.360. The fraction of sp³-hybridized carbons (Fsp3) is 0.833. The molecule has 0 aliphatic heterocycles. The van der Waals surface area contributed by atoms with E-state index in [1.165, 1.54) is 0 Å². The molecule has 0 aliphatic rings. The van der Waals surface area contributed by atoms with Crippen molar-refractivity contribution < 1.29 is 17.9 Å². The lowest BCUT2D eigenvalue weighted by Gasteiger charge is -2.05. The number of alkyl halides is 3. The third-order valence-electron chi connectivity index (χ3n) is 0.993. The maximum absolute atomic E-state index is 11.5. The lowest BCUT2D eigenvalue weighted by atomic mass is 10.3. The molecule has 0 saturated heterocycles. The molecule has 0 heterocycles. The monoisotopic (exact) mass is 201 g/mol. The molecule has 0 fully saturated rings. The molecule has 0 spiro atoms. The molecule has 0 amide bonds. The first-order chi connectivity index (χ1) is 5.42. The molecule has 2 nitrogen and oxygen atoms in total. The van der Waals surface area contributed by atoms with Gasteiger partial charge in [-0.2, -0.15) is 13.2 Å².